The van der Waals surface area contributed by atoms with Gasteiger partial charge in [0.2, 0.25) is 0 Å². The Balaban J connectivity index is 2.64. The van der Waals surface area contributed by atoms with Crippen LogP contribution in [0.15, 0.2) is 23.1 Å². The average molecular weight is 308 g/mol. The fourth-order valence-corrected chi connectivity index (χ4v) is 3.03. The summed E-state index contributed by atoms with van der Waals surface area (Å²) in [7, 11) is 0. The van der Waals surface area contributed by atoms with Crippen molar-refractivity contribution in [1.82, 2.24) is 5.32 Å². The molecular formula is C13H19Cl2NOS. The maximum atomic E-state index is 9.49. The molecule has 0 saturated carbocycles. The first-order valence-corrected chi connectivity index (χ1v) is 7.57. The molecule has 1 aromatic rings. The molecule has 0 bridgehead atoms. The van der Waals surface area contributed by atoms with Gasteiger partial charge in [-0.05, 0) is 25.1 Å². The average Bonchev–Trinajstić information content (AvgIpc) is 2.30. The van der Waals surface area contributed by atoms with Gasteiger partial charge in [-0.15, -0.1) is 11.8 Å². The summed E-state index contributed by atoms with van der Waals surface area (Å²) < 4.78 is 0. The van der Waals surface area contributed by atoms with Gasteiger partial charge in [-0.2, -0.15) is 0 Å². The maximum absolute atomic E-state index is 9.49. The van der Waals surface area contributed by atoms with E-state index in [1.165, 1.54) is 0 Å². The molecule has 0 fully saturated rings. The molecule has 1 atom stereocenters. The molecule has 2 nitrogen and oxygen atoms in total. The van der Waals surface area contributed by atoms with Crippen LogP contribution < -0.4 is 5.32 Å². The van der Waals surface area contributed by atoms with Gasteiger partial charge in [0, 0.05) is 22.2 Å². The molecule has 0 radical (unpaired) electrons. The number of benzene rings is 1. The van der Waals surface area contributed by atoms with Gasteiger partial charge in [-0.25, -0.2) is 0 Å². The van der Waals surface area contributed by atoms with Crippen LogP contribution in [0.5, 0.6) is 0 Å². The lowest BCUT2D eigenvalue weighted by atomic mass is 10.1. The second-order valence-corrected chi connectivity index (χ2v) is 6.75. The molecule has 18 heavy (non-hydrogen) atoms. The van der Waals surface area contributed by atoms with E-state index < -0.39 is 0 Å². The van der Waals surface area contributed by atoms with Crippen LogP contribution in [0.4, 0.5) is 0 Å². The van der Waals surface area contributed by atoms with E-state index in [-0.39, 0.29) is 12.1 Å². The van der Waals surface area contributed by atoms with E-state index in [2.05, 4.69) is 19.2 Å². The van der Waals surface area contributed by atoms with Crippen LogP contribution in [-0.2, 0) is 0 Å². The first-order valence-electron chi connectivity index (χ1n) is 5.83. The normalized spacial score (nSPS) is 14.8. The van der Waals surface area contributed by atoms with E-state index in [0.29, 0.717) is 16.1 Å². The fraction of sp³-hybridized carbons (Fsp3) is 0.538. The van der Waals surface area contributed by atoms with Crippen molar-refractivity contribution in [2.75, 3.05) is 12.4 Å². The Bertz CT molecular complexity index is 401. The number of hydrogen-bond acceptors (Lipinski definition) is 3. The topological polar surface area (TPSA) is 32.3 Å². The van der Waals surface area contributed by atoms with Gasteiger partial charge >= 0.3 is 0 Å². The van der Waals surface area contributed by atoms with E-state index in [9.17, 15) is 5.11 Å². The second-order valence-electron chi connectivity index (χ2n) is 4.88. The molecule has 0 aliphatic carbocycles. The Kier molecular flexibility index (Phi) is 6.28. The van der Waals surface area contributed by atoms with Gasteiger partial charge in [0.25, 0.3) is 0 Å². The van der Waals surface area contributed by atoms with Crippen LogP contribution >= 0.6 is 35.0 Å². The predicted molar refractivity (Wildman–Crippen MR) is 80.9 cm³/mol. The van der Waals surface area contributed by atoms with Crippen molar-refractivity contribution >= 4 is 35.0 Å². The highest BCUT2D eigenvalue weighted by atomic mass is 35.5. The highest BCUT2D eigenvalue weighted by Gasteiger charge is 2.24. The lowest BCUT2D eigenvalue weighted by Crippen LogP contribution is -2.51. The molecule has 0 aromatic heterocycles. The Morgan fingerprint density at radius 3 is 2.50 bits per heavy atom. The van der Waals surface area contributed by atoms with E-state index >= 15 is 0 Å². The molecule has 0 aliphatic rings. The Morgan fingerprint density at radius 1 is 1.33 bits per heavy atom. The summed E-state index contributed by atoms with van der Waals surface area (Å²) in [6.07, 6.45) is 0. The molecule has 1 aromatic carbocycles. The van der Waals surface area contributed by atoms with Gasteiger partial charge in [0.05, 0.1) is 16.7 Å². The lowest BCUT2D eigenvalue weighted by Gasteiger charge is -2.30. The number of aliphatic hydroxyl groups excluding tert-OH is 1. The van der Waals surface area contributed by atoms with E-state index in [1.807, 2.05) is 19.1 Å². The third kappa shape index (κ3) is 4.98. The zero-order valence-electron chi connectivity index (χ0n) is 10.8. The molecule has 0 heterocycles. The third-order valence-electron chi connectivity index (χ3n) is 2.43. The first-order chi connectivity index (χ1) is 8.36. The summed E-state index contributed by atoms with van der Waals surface area (Å²) in [6.45, 7) is 6.24. The minimum Gasteiger partial charge on any atom is -0.394 e. The third-order valence-corrected chi connectivity index (χ3v) is 4.54. The molecule has 0 amide bonds. The van der Waals surface area contributed by atoms with Crippen molar-refractivity contribution in [3.63, 3.8) is 0 Å². The predicted octanol–water partition coefficient (Wildman–Crippen LogP) is 3.83. The fourth-order valence-electron chi connectivity index (χ4n) is 1.64. The van der Waals surface area contributed by atoms with Crippen molar-refractivity contribution in [3.05, 3.63) is 28.2 Å². The highest BCUT2D eigenvalue weighted by Crippen LogP contribution is 2.29. The number of rotatable bonds is 6. The van der Waals surface area contributed by atoms with E-state index in [0.717, 1.165) is 10.6 Å². The molecule has 0 aliphatic heterocycles. The zero-order chi connectivity index (χ0) is 13.8. The van der Waals surface area contributed by atoms with Gasteiger partial charge in [0.1, 0.15) is 0 Å². The van der Waals surface area contributed by atoms with Crippen LogP contribution in [0.2, 0.25) is 10.0 Å². The van der Waals surface area contributed by atoms with E-state index in [4.69, 9.17) is 23.2 Å². The summed E-state index contributed by atoms with van der Waals surface area (Å²) >= 11 is 13.5. The van der Waals surface area contributed by atoms with Crippen molar-refractivity contribution in [3.8, 4) is 0 Å². The van der Waals surface area contributed by atoms with Crippen LogP contribution in [0.3, 0.4) is 0 Å². The number of hydrogen-bond donors (Lipinski definition) is 2. The van der Waals surface area contributed by atoms with Gasteiger partial charge in [0.15, 0.2) is 0 Å². The summed E-state index contributed by atoms with van der Waals surface area (Å²) in [5.41, 5.74) is -0.301. The quantitative estimate of drug-likeness (QED) is 0.783. The maximum Gasteiger partial charge on any atom is 0.0618 e. The summed E-state index contributed by atoms with van der Waals surface area (Å²) in [6, 6.07) is 5.91. The Morgan fingerprint density at radius 2 is 2.00 bits per heavy atom. The SMILES string of the molecule is CC(C)NC(C)(CO)CSc1ccc(Cl)c(Cl)c1. The molecule has 1 rings (SSSR count). The standard InChI is InChI=1S/C13H19Cl2NOS/c1-9(2)16-13(3,7-17)8-18-10-4-5-11(14)12(15)6-10/h4-6,9,16-17H,7-8H2,1-3H3. The van der Waals surface area contributed by atoms with Gasteiger partial charge in [-0.3, -0.25) is 0 Å². The van der Waals surface area contributed by atoms with Crippen molar-refractivity contribution in [2.24, 2.45) is 0 Å². The number of aliphatic hydroxyl groups is 1. The number of thioether (sulfide) groups is 1. The highest BCUT2D eigenvalue weighted by molar-refractivity contribution is 7.99. The van der Waals surface area contributed by atoms with E-state index in [1.54, 1.807) is 17.8 Å². The van der Waals surface area contributed by atoms with Crippen LogP contribution in [0, 0.1) is 0 Å². The van der Waals surface area contributed by atoms with Crippen LogP contribution in [0.1, 0.15) is 20.8 Å². The Hall–Kier alpha value is 0.0700. The summed E-state index contributed by atoms with van der Waals surface area (Å²) in [5.74, 6) is 0.764. The second kappa shape index (κ2) is 7.01. The summed E-state index contributed by atoms with van der Waals surface area (Å²) in [5, 5.41) is 14.0. The lowest BCUT2D eigenvalue weighted by molar-refractivity contribution is 0.183. The van der Waals surface area contributed by atoms with Crippen LogP contribution in [-0.4, -0.2) is 29.0 Å². The number of nitrogens with one attached hydrogen (secondary N) is 1. The number of halogens is 2. The smallest absolute Gasteiger partial charge is 0.0618 e. The molecule has 2 N–H and O–H groups in total. The van der Waals surface area contributed by atoms with Crippen molar-refractivity contribution in [1.29, 1.82) is 0 Å². The molecule has 102 valence electrons. The van der Waals surface area contributed by atoms with Gasteiger partial charge < -0.3 is 10.4 Å². The monoisotopic (exact) mass is 307 g/mol. The minimum absolute atomic E-state index is 0.0967. The molecule has 1 unspecified atom stereocenters. The zero-order valence-corrected chi connectivity index (χ0v) is 13.2. The molecule has 0 spiro atoms. The molecule has 5 heteroatoms. The van der Waals surface area contributed by atoms with Crippen molar-refractivity contribution < 1.29 is 5.11 Å². The van der Waals surface area contributed by atoms with Crippen molar-refractivity contribution in [2.45, 2.75) is 37.2 Å². The van der Waals surface area contributed by atoms with Gasteiger partial charge in [-0.1, -0.05) is 37.0 Å². The largest absolute Gasteiger partial charge is 0.394 e. The molecular weight excluding hydrogens is 289 g/mol. The molecule has 0 saturated heterocycles. The first kappa shape index (κ1) is 16.1. The minimum atomic E-state index is -0.301. The summed E-state index contributed by atoms with van der Waals surface area (Å²) in [4.78, 5) is 1.05. The Labute approximate surface area is 123 Å². The van der Waals surface area contributed by atoms with Crippen LogP contribution in [0.25, 0.3) is 0 Å².